The summed E-state index contributed by atoms with van der Waals surface area (Å²) < 4.78 is 4.67. The van der Waals surface area contributed by atoms with E-state index in [-0.39, 0.29) is 25.2 Å². The van der Waals surface area contributed by atoms with E-state index in [4.69, 9.17) is 0 Å². The number of nitrogens with zero attached hydrogens (tertiary/aromatic N) is 1. The van der Waals surface area contributed by atoms with Crippen molar-refractivity contribution in [3.8, 4) is 0 Å². The molecule has 0 aromatic heterocycles. The molecule has 14 heteroatoms. The Morgan fingerprint density at radius 3 is 1.87 bits per heavy atom. The number of carbonyl (C=O) groups excluding carboxylic acids is 6. The quantitative estimate of drug-likeness (QED) is 0.0728. The average molecular weight is 753 g/mol. The molecule has 14 nitrogen and oxygen atoms in total. The Balaban J connectivity index is 2.22. The van der Waals surface area contributed by atoms with Gasteiger partial charge in [-0.3, -0.25) is 24.0 Å². The van der Waals surface area contributed by atoms with Crippen LogP contribution >= 0.6 is 0 Å². The van der Waals surface area contributed by atoms with Gasteiger partial charge in [0, 0.05) is 12.0 Å². The average Bonchev–Trinajstić information content (AvgIpc) is 3.15. The maximum atomic E-state index is 13.8. The maximum Gasteiger partial charge on any atom is 0.330 e. The zero-order chi connectivity index (χ0) is 40.2. The van der Waals surface area contributed by atoms with E-state index in [9.17, 15) is 33.9 Å². The van der Waals surface area contributed by atoms with Crippen LogP contribution in [-0.2, 0) is 35.1 Å². The molecule has 54 heavy (non-hydrogen) atoms. The summed E-state index contributed by atoms with van der Waals surface area (Å²) >= 11 is 0. The van der Waals surface area contributed by atoms with Crippen molar-refractivity contribution in [1.29, 1.82) is 0 Å². The van der Waals surface area contributed by atoms with Crippen molar-refractivity contribution in [2.24, 2.45) is 5.92 Å². The molecule has 0 aliphatic carbocycles. The van der Waals surface area contributed by atoms with E-state index in [1.807, 2.05) is 50.2 Å². The fraction of sp³-hybridized carbons (Fsp3) is 0.550. The van der Waals surface area contributed by atoms with Gasteiger partial charge in [-0.05, 0) is 82.3 Å². The van der Waals surface area contributed by atoms with Gasteiger partial charge in [-0.15, -0.1) is 0 Å². The number of unbranched alkanes of at least 4 members (excludes halogenated alkanes) is 1. The third-order valence-electron chi connectivity index (χ3n) is 9.12. The smallest absolute Gasteiger partial charge is 0.330 e. The number of benzene rings is 2. The molecule has 0 spiro atoms. The fourth-order valence-corrected chi connectivity index (χ4v) is 5.86. The van der Waals surface area contributed by atoms with Crippen LogP contribution in [0.3, 0.4) is 0 Å². The van der Waals surface area contributed by atoms with E-state index < -0.39 is 72.3 Å². The largest absolute Gasteiger partial charge is 0.467 e. The van der Waals surface area contributed by atoms with Crippen LogP contribution in [0.2, 0.25) is 0 Å². The second kappa shape index (κ2) is 23.8. The van der Waals surface area contributed by atoms with Crippen LogP contribution in [-0.4, -0.2) is 109 Å². The molecule has 0 saturated carbocycles. The molecule has 2 aromatic rings. The fourth-order valence-electron chi connectivity index (χ4n) is 5.86. The van der Waals surface area contributed by atoms with Crippen LogP contribution in [0, 0.1) is 12.8 Å². The summed E-state index contributed by atoms with van der Waals surface area (Å²) in [5.41, 5.74) is 1.97. The lowest BCUT2D eigenvalue weighted by Crippen LogP contribution is -2.59. The van der Waals surface area contributed by atoms with E-state index in [2.05, 4.69) is 50.1 Å². The molecule has 0 aliphatic heterocycles. The molecule has 0 saturated heterocycles. The number of carbonyl (C=O) groups is 6. The number of rotatable bonds is 23. The maximum absolute atomic E-state index is 13.8. The first-order chi connectivity index (χ1) is 25.7. The third kappa shape index (κ3) is 15.3. The standard InChI is InChI=1S/C40H60N6O8/c1-8-46(9-2)22-16-15-21-31(37(50)45-34(25-47)40(53)54-7)42-39(52)32(23-26(3)4)43-35(48)28(6)41-38(51)33(24-29-18-11-10-12-19-29)44-36(49)30-20-14-13-17-27(30)5/h10-14,17-20,26,28,31-34,47H,8-9,15-16,21-25H2,1-7H3,(H,41,51)(H,42,52)(H,43,48)(H,44,49)(H,45,50)/t28-,31-,32-,33-,34-/m0/s1. The molecule has 2 rings (SSSR count). The highest BCUT2D eigenvalue weighted by Gasteiger charge is 2.32. The summed E-state index contributed by atoms with van der Waals surface area (Å²) in [4.78, 5) is 81.9. The second-order valence-corrected chi connectivity index (χ2v) is 13.8. The zero-order valence-corrected chi connectivity index (χ0v) is 32.8. The van der Waals surface area contributed by atoms with Crippen LogP contribution in [0.5, 0.6) is 0 Å². The van der Waals surface area contributed by atoms with E-state index in [0.29, 0.717) is 12.0 Å². The Kier molecular flexibility index (Phi) is 20.0. The molecular formula is C40H60N6O8. The van der Waals surface area contributed by atoms with Crippen LogP contribution in [0.15, 0.2) is 54.6 Å². The number of hydrogen-bond acceptors (Lipinski definition) is 9. The summed E-state index contributed by atoms with van der Waals surface area (Å²) in [5.74, 6) is -3.83. The molecule has 298 valence electrons. The predicted octanol–water partition coefficient (Wildman–Crippen LogP) is 2.02. The van der Waals surface area contributed by atoms with Crippen molar-refractivity contribution in [3.05, 3.63) is 71.3 Å². The Morgan fingerprint density at radius 2 is 1.28 bits per heavy atom. The minimum Gasteiger partial charge on any atom is -0.467 e. The number of esters is 1. The monoisotopic (exact) mass is 752 g/mol. The van der Waals surface area contributed by atoms with Crippen LogP contribution in [0.4, 0.5) is 0 Å². The number of nitrogens with one attached hydrogen (secondary N) is 5. The highest BCUT2D eigenvalue weighted by atomic mass is 16.5. The number of aliphatic hydroxyl groups is 1. The van der Waals surface area contributed by atoms with E-state index in [1.165, 1.54) is 6.92 Å². The predicted molar refractivity (Wildman–Crippen MR) is 206 cm³/mol. The molecular weight excluding hydrogens is 692 g/mol. The lowest BCUT2D eigenvalue weighted by atomic mass is 10.0. The van der Waals surface area contributed by atoms with Gasteiger partial charge in [0.15, 0.2) is 6.04 Å². The first kappa shape index (κ1) is 45.3. The summed E-state index contributed by atoms with van der Waals surface area (Å²) in [6.45, 7) is 13.0. The van der Waals surface area contributed by atoms with Gasteiger partial charge < -0.3 is 41.3 Å². The van der Waals surface area contributed by atoms with Gasteiger partial charge >= 0.3 is 5.97 Å². The van der Waals surface area contributed by atoms with Gasteiger partial charge in [0.25, 0.3) is 5.91 Å². The van der Waals surface area contributed by atoms with Crippen LogP contribution in [0.25, 0.3) is 0 Å². The molecule has 0 aliphatic rings. The summed E-state index contributed by atoms with van der Waals surface area (Å²) in [5, 5.41) is 23.1. The molecule has 5 atom stereocenters. The van der Waals surface area contributed by atoms with Gasteiger partial charge in [0.2, 0.25) is 23.6 Å². The van der Waals surface area contributed by atoms with Crippen molar-refractivity contribution in [2.75, 3.05) is 33.4 Å². The summed E-state index contributed by atoms with van der Waals surface area (Å²) in [6, 6.07) is 10.6. The van der Waals surface area contributed by atoms with Crippen molar-refractivity contribution in [2.45, 2.75) is 104 Å². The summed E-state index contributed by atoms with van der Waals surface area (Å²) in [6.07, 6.45) is 1.96. The minimum atomic E-state index is -1.32. The first-order valence-electron chi connectivity index (χ1n) is 18.8. The lowest BCUT2D eigenvalue weighted by molar-refractivity contribution is -0.146. The Hall–Kier alpha value is -4.82. The number of aryl methyl sites for hydroxylation is 1. The number of methoxy groups -OCH3 is 1. The molecule has 2 aromatic carbocycles. The Bertz CT molecular complexity index is 1520. The van der Waals surface area contributed by atoms with Crippen LogP contribution < -0.4 is 26.6 Å². The Labute approximate surface area is 319 Å². The number of amides is 5. The second-order valence-electron chi connectivity index (χ2n) is 13.8. The van der Waals surface area contributed by atoms with Gasteiger partial charge in [-0.25, -0.2) is 4.79 Å². The van der Waals surface area contributed by atoms with Crippen molar-refractivity contribution in [3.63, 3.8) is 0 Å². The molecule has 0 radical (unpaired) electrons. The number of hydrogen-bond donors (Lipinski definition) is 6. The lowest BCUT2D eigenvalue weighted by Gasteiger charge is -2.27. The van der Waals surface area contributed by atoms with Crippen molar-refractivity contribution >= 4 is 35.5 Å². The highest BCUT2D eigenvalue weighted by molar-refractivity contribution is 6.00. The van der Waals surface area contributed by atoms with Gasteiger partial charge in [-0.1, -0.05) is 76.2 Å². The Morgan fingerprint density at radius 1 is 0.704 bits per heavy atom. The highest BCUT2D eigenvalue weighted by Crippen LogP contribution is 2.11. The number of ether oxygens (including phenoxy) is 1. The SMILES string of the molecule is CCN(CC)CCCC[C@H](NC(=O)[C@H](CC(C)C)NC(=O)[C@H](C)NC(=O)[C@H](Cc1ccccc1)NC(=O)c1ccccc1C)C(=O)N[C@@H](CO)C(=O)OC. The molecule has 0 fully saturated rings. The van der Waals surface area contributed by atoms with Gasteiger partial charge in [0.1, 0.15) is 24.2 Å². The van der Waals surface area contributed by atoms with Crippen LogP contribution in [0.1, 0.15) is 81.8 Å². The molecule has 0 heterocycles. The minimum absolute atomic E-state index is 0.0442. The van der Waals surface area contributed by atoms with Gasteiger partial charge in [-0.2, -0.15) is 0 Å². The molecule has 0 unspecified atom stereocenters. The molecule has 5 amide bonds. The van der Waals surface area contributed by atoms with Crippen molar-refractivity contribution in [1.82, 2.24) is 31.5 Å². The molecule has 0 bridgehead atoms. The van der Waals surface area contributed by atoms with E-state index in [1.54, 1.807) is 25.1 Å². The van der Waals surface area contributed by atoms with E-state index >= 15 is 0 Å². The summed E-state index contributed by atoms with van der Waals surface area (Å²) in [7, 11) is 1.14. The topological polar surface area (TPSA) is 195 Å². The van der Waals surface area contributed by atoms with Crippen molar-refractivity contribution < 1.29 is 38.6 Å². The zero-order valence-electron chi connectivity index (χ0n) is 32.8. The normalized spacial score (nSPS) is 13.9. The van der Waals surface area contributed by atoms with E-state index in [0.717, 1.165) is 44.3 Å². The first-order valence-corrected chi connectivity index (χ1v) is 18.8. The third-order valence-corrected chi connectivity index (χ3v) is 9.12. The molecule has 6 N–H and O–H groups in total. The number of aliphatic hydroxyl groups excluding tert-OH is 1. The van der Waals surface area contributed by atoms with Gasteiger partial charge in [0.05, 0.1) is 13.7 Å².